The van der Waals surface area contributed by atoms with E-state index in [-0.39, 0.29) is 17.9 Å². The van der Waals surface area contributed by atoms with Crippen molar-refractivity contribution in [1.29, 1.82) is 0 Å². The molecule has 1 aliphatic rings. The van der Waals surface area contributed by atoms with E-state index in [1.54, 1.807) is 0 Å². The van der Waals surface area contributed by atoms with Crippen LogP contribution in [0.3, 0.4) is 0 Å². The number of fused-ring (bicyclic) bond motifs is 1. The van der Waals surface area contributed by atoms with Gasteiger partial charge in [-0.15, -0.1) is 0 Å². The quantitative estimate of drug-likeness (QED) is 0.108. The molecule has 1 fully saturated rings. The van der Waals surface area contributed by atoms with E-state index < -0.39 is 0 Å². The van der Waals surface area contributed by atoms with Crippen LogP contribution in [0.5, 0.6) is 0 Å². The Morgan fingerprint density at radius 1 is 0.976 bits per heavy atom. The number of nitrogens with one attached hydrogen (secondary N) is 2. The van der Waals surface area contributed by atoms with E-state index in [1.165, 1.54) is 24.8 Å². The molecule has 0 saturated carbocycles. The smallest absolute Gasteiger partial charge is 0.251 e. The Morgan fingerprint density at radius 3 is 2.45 bits per heavy atom. The average Bonchev–Trinajstić information content (AvgIpc) is 3.02. The first-order valence-corrected chi connectivity index (χ1v) is 17.2. The number of likely N-dealkylation sites (tertiary alicyclic amines) is 1. The average molecular weight is 703 g/mol. The fourth-order valence-electron chi connectivity index (χ4n) is 5.77. The summed E-state index contributed by atoms with van der Waals surface area (Å²) < 4.78 is 0.890. The van der Waals surface area contributed by atoms with Gasteiger partial charge < -0.3 is 20.4 Å². The maximum atomic E-state index is 14.0. The van der Waals surface area contributed by atoms with Gasteiger partial charge in [0, 0.05) is 53.7 Å². The Labute approximate surface area is 269 Å². The third-order valence-corrected chi connectivity index (χ3v) is 8.93. The van der Waals surface area contributed by atoms with E-state index in [4.69, 9.17) is 11.6 Å². The molecule has 2 atom stereocenters. The van der Waals surface area contributed by atoms with E-state index in [2.05, 4.69) is 74.2 Å². The summed E-state index contributed by atoms with van der Waals surface area (Å²) in [7, 11) is 0. The van der Waals surface area contributed by atoms with Gasteiger partial charge in [0.1, 0.15) is 0 Å². The van der Waals surface area contributed by atoms with Crippen molar-refractivity contribution in [1.82, 2.24) is 20.4 Å². The van der Waals surface area contributed by atoms with Gasteiger partial charge in [0.2, 0.25) is 5.91 Å². The summed E-state index contributed by atoms with van der Waals surface area (Å²) in [6.07, 6.45) is 5.50. The van der Waals surface area contributed by atoms with Gasteiger partial charge in [-0.1, -0.05) is 90.0 Å². The number of nitrogens with zero attached hydrogens (tertiary/aromatic N) is 2. The first-order chi connectivity index (χ1) is 20.5. The molecule has 0 aromatic heterocycles. The molecule has 0 bridgehead atoms. The van der Waals surface area contributed by atoms with E-state index in [1.807, 2.05) is 42.5 Å². The fraction of sp³-hybridized carbons (Fsp3) is 0.471. The lowest BCUT2D eigenvalue weighted by atomic mass is 9.95. The number of amides is 2. The van der Waals surface area contributed by atoms with Crippen LogP contribution in [0.4, 0.5) is 0 Å². The molecule has 42 heavy (non-hydrogen) atoms. The summed E-state index contributed by atoms with van der Waals surface area (Å²) >= 11 is 8.47. The van der Waals surface area contributed by atoms with Crippen LogP contribution >= 0.6 is 34.2 Å². The molecule has 1 aliphatic heterocycles. The van der Waals surface area contributed by atoms with Gasteiger partial charge in [-0.25, -0.2) is 0 Å². The van der Waals surface area contributed by atoms with Crippen molar-refractivity contribution < 1.29 is 9.59 Å². The lowest BCUT2D eigenvalue weighted by Gasteiger charge is -2.33. The van der Waals surface area contributed by atoms with Gasteiger partial charge >= 0.3 is 0 Å². The first-order valence-electron chi connectivity index (χ1n) is 15.3. The molecule has 2 amide bonds. The van der Waals surface area contributed by atoms with Gasteiger partial charge in [-0.3, -0.25) is 9.59 Å². The Bertz CT molecular complexity index is 1290. The Morgan fingerprint density at radius 2 is 1.71 bits per heavy atom. The van der Waals surface area contributed by atoms with E-state index in [0.717, 1.165) is 54.2 Å². The molecule has 8 heteroatoms. The molecule has 226 valence electrons. The second-order valence-corrected chi connectivity index (χ2v) is 12.7. The van der Waals surface area contributed by atoms with Gasteiger partial charge in [0.15, 0.2) is 0 Å². The SMILES string of the molecule is CC[C@H](CN(CCI)C(=O)[C@H](CCN1CCCCC1)NCCNC(=O)c1ccc2cc(Cl)ccc2c1)c1ccccc1. The number of piperidine rings is 1. The van der Waals surface area contributed by atoms with Gasteiger partial charge in [-0.05, 0) is 79.4 Å². The van der Waals surface area contributed by atoms with Crippen LogP contribution in [0.15, 0.2) is 66.7 Å². The van der Waals surface area contributed by atoms with Crippen molar-refractivity contribution >= 4 is 56.8 Å². The molecule has 6 nitrogen and oxygen atoms in total. The predicted molar refractivity (Wildman–Crippen MR) is 183 cm³/mol. The van der Waals surface area contributed by atoms with Crippen LogP contribution in [0.2, 0.25) is 5.02 Å². The van der Waals surface area contributed by atoms with Crippen LogP contribution in [-0.4, -0.2) is 77.9 Å². The first kappa shape index (κ1) is 32.7. The standard InChI is InChI=1S/C34H44ClIN4O2/c1-2-26(27-9-5-3-6-10-27)25-40(22-16-36)34(42)32(15-21-39-19-7-4-8-20-39)37-17-18-38-33(41)30-12-11-29-24-31(35)14-13-28(29)23-30/h3,5-6,9-14,23-24,26,32,37H,2,4,7-8,15-22,25H2,1H3,(H,38,41)/t26-,32+/m1/s1. The van der Waals surface area contributed by atoms with Crippen LogP contribution in [-0.2, 0) is 4.79 Å². The molecule has 0 radical (unpaired) electrons. The topological polar surface area (TPSA) is 64.7 Å². The minimum Gasteiger partial charge on any atom is -0.351 e. The number of benzene rings is 3. The molecule has 3 aromatic carbocycles. The number of carbonyl (C=O) groups excluding carboxylic acids is 2. The summed E-state index contributed by atoms with van der Waals surface area (Å²) in [4.78, 5) is 31.5. The predicted octanol–water partition coefficient (Wildman–Crippen LogP) is 6.51. The van der Waals surface area contributed by atoms with Gasteiger partial charge in [-0.2, -0.15) is 0 Å². The number of alkyl halides is 1. The highest BCUT2D eigenvalue weighted by Gasteiger charge is 2.27. The molecule has 3 aromatic rings. The Kier molecular flexibility index (Phi) is 13.4. The third kappa shape index (κ3) is 9.66. The minimum absolute atomic E-state index is 0.120. The molecule has 4 rings (SSSR count). The molecule has 0 aliphatic carbocycles. The molecule has 0 spiro atoms. The Hall–Kier alpha value is -2.20. The summed E-state index contributed by atoms with van der Waals surface area (Å²) in [6, 6.07) is 21.5. The number of rotatable bonds is 15. The van der Waals surface area contributed by atoms with Crippen LogP contribution in [0.25, 0.3) is 10.8 Å². The van der Waals surface area contributed by atoms with Crippen LogP contribution < -0.4 is 10.6 Å². The summed E-state index contributed by atoms with van der Waals surface area (Å²) in [5.41, 5.74) is 1.89. The molecular formula is C34H44ClIN4O2. The Balaban J connectivity index is 1.38. The number of hydrogen-bond acceptors (Lipinski definition) is 4. The van der Waals surface area contributed by atoms with Gasteiger partial charge in [0.25, 0.3) is 5.91 Å². The zero-order chi connectivity index (χ0) is 29.7. The lowest BCUT2D eigenvalue weighted by Crippen LogP contribution is -2.51. The highest BCUT2D eigenvalue weighted by molar-refractivity contribution is 14.1. The molecule has 2 N–H and O–H groups in total. The van der Waals surface area contributed by atoms with E-state index >= 15 is 0 Å². The summed E-state index contributed by atoms with van der Waals surface area (Å²) in [5.74, 6) is 0.348. The van der Waals surface area contributed by atoms with E-state index in [0.29, 0.717) is 36.1 Å². The molecule has 0 unspecified atom stereocenters. The summed E-state index contributed by atoms with van der Waals surface area (Å²) in [6.45, 7) is 7.74. The third-order valence-electron chi connectivity index (χ3n) is 8.22. The van der Waals surface area contributed by atoms with Crippen molar-refractivity contribution in [2.45, 2.75) is 51.0 Å². The van der Waals surface area contributed by atoms with Crippen molar-refractivity contribution in [2.75, 3.05) is 50.2 Å². The fourth-order valence-corrected chi connectivity index (χ4v) is 6.53. The highest BCUT2D eigenvalue weighted by atomic mass is 127. The monoisotopic (exact) mass is 702 g/mol. The van der Waals surface area contributed by atoms with E-state index in [9.17, 15) is 9.59 Å². The second-order valence-electron chi connectivity index (χ2n) is 11.1. The maximum absolute atomic E-state index is 14.0. The molecular weight excluding hydrogens is 659 g/mol. The van der Waals surface area contributed by atoms with Crippen molar-refractivity contribution in [3.05, 3.63) is 82.9 Å². The number of halogens is 2. The second kappa shape index (κ2) is 17.2. The molecule has 1 heterocycles. The lowest BCUT2D eigenvalue weighted by molar-refractivity contribution is -0.133. The zero-order valence-corrected chi connectivity index (χ0v) is 27.6. The molecule has 1 saturated heterocycles. The van der Waals surface area contributed by atoms with Gasteiger partial charge in [0.05, 0.1) is 6.04 Å². The maximum Gasteiger partial charge on any atom is 0.251 e. The largest absolute Gasteiger partial charge is 0.351 e. The van der Waals surface area contributed by atoms with Crippen molar-refractivity contribution in [2.24, 2.45) is 0 Å². The van der Waals surface area contributed by atoms with Crippen LogP contribution in [0.1, 0.15) is 60.9 Å². The number of hydrogen-bond donors (Lipinski definition) is 2. The highest BCUT2D eigenvalue weighted by Crippen LogP contribution is 2.22. The zero-order valence-electron chi connectivity index (χ0n) is 24.7. The minimum atomic E-state index is -0.287. The van der Waals surface area contributed by atoms with Crippen molar-refractivity contribution in [3.63, 3.8) is 0 Å². The van der Waals surface area contributed by atoms with Crippen LogP contribution in [0, 0.1) is 0 Å². The van der Waals surface area contributed by atoms with Crippen molar-refractivity contribution in [3.8, 4) is 0 Å². The summed E-state index contributed by atoms with van der Waals surface area (Å²) in [5, 5.41) is 9.21. The normalized spacial score (nSPS) is 15.3. The number of carbonyl (C=O) groups is 2.